The van der Waals surface area contributed by atoms with Crippen molar-refractivity contribution in [3.8, 4) is 0 Å². The molecular weight excluding hydrogens is 342 g/mol. The van der Waals surface area contributed by atoms with Gasteiger partial charge in [0.25, 0.3) is 5.17 Å². The molecule has 144 valence electrons. The molecule has 1 aliphatic carbocycles. The molecule has 1 aliphatic rings. The highest BCUT2D eigenvalue weighted by atomic mass is 32.1. The Morgan fingerprint density at radius 2 is 1.96 bits per heavy atom. The molecule has 6 nitrogen and oxygen atoms in total. The molecule has 7 heteroatoms. The number of aliphatic hydroxyl groups is 2. The Labute approximate surface area is 155 Å². The number of carboxylic acid groups (broad SMARTS) is 1. The van der Waals surface area contributed by atoms with Crippen LogP contribution in [0.3, 0.4) is 0 Å². The Morgan fingerprint density at radius 3 is 2.64 bits per heavy atom. The standard InChI is InChI=1S/C18H31NO5S/c1-2-3-10-19-18(25)24-12-14-13(15(20)11-16(14)21)8-6-4-5-7-9-17(22)23/h4,6,13-16,20-21H,2-3,5,7-12H2,1H3,(H,19,25)(H,22,23)/b6-4-/t13-,14-,15+,16-/m1/s1. The summed E-state index contributed by atoms with van der Waals surface area (Å²) < 4.78 is 5.55. The van der Waals surface area contributed by atoms with Gasteiger partial charge in [-0.2, -0.15) is 0 Å². The lowest BCUT2D eigenvalue weighted by Crippen LogP contribution is -2.31. The molecule has 0 bridgehead atoms. The molecule has 1 fully saturated rings. The number of rotatable bonds is 11. The summed E-state index contributed by atoms with van der Waals surface area (Å²) in [5.41, 5.74) is 0. The Kier molecular flexibility index (Phi) is 10.7. The van der Waals surface area contributed by atoms with E-state index in [1.165, 1.54) is 0 Å². The van der Waals surface area contributed by atoms with Crippen LogP contribution in [0.15, 0.2) is 12.2 Å². The van der Waals surface area contributed by atoms with Crippen molar-refractivity contribution in [2.45, 2.75) is 64.1 Å². The zero-order valence-corrected chi connectivity index (χ0v) is 15.7. The first kappa shape index (κ1) is 21.9. The summed E-state index contributed by atoms with van der Waals surface area (Å²) in [4.78, 5) is 10.5. The highest BCUT2D eigenvalue weighted by molar-refractivity contribution is 7.80. The minimum Gasteiger partial charge on any atom is -0.481 e. The van der Waals surface area contributed by atoms with Crippen LogP contribution in [0.25, 0.3) is 0 Å². The third-order valence-electron chi connectivity index (χ3n) is 4.56. The average Bonchev–Trinajstić information content (AvgIpc) is 2.82. The van der Waals surface area contributed by atoms with Crippen molar-refractivity contribution < 1.29 is 24.9 Å². The van der Waals surface area contributed by atoms with Crippen LogP contribution < -0.4 is 5.32 Å². The molecule has 1 rings (SSSR count). The minimum atomic E-state index is -0.788. The number of hydrogen-bond donors (Lipinski definition) is 4. The average molecular weight is 374 g/mol. The number of allylic oxidation sites excluding steroid dienone is 2. The van der Waals surface area contributed by atoms with E-state index in [0.29, 0.717) is 30.9 Å². The highest BCUT2D eigenvalue weighted by Crippen LogP contribution is 2.35. The fourth-order valence-electron chi connectivity index (χ4n) is 3.07. The van der Waals surface area contributed by atoms with Gasteiger partial charge in [-0.05, 0) is 50.2 Å². The van der Waals surface area contributed by atoms with Crippen LogP contribution in [0.1, 0.15) is 51.9 Å². The van der Waals surface area contributed by atoms with E-state index < -0.39 is 18.2 Å². The van der Waals surface area contributed by atoms with Crippen LogP contribution in [0, 0.1) is 11.8 Å². The van der Waals surface area contributed by atoms with Crippen molar-refractivity contribution in [1.29, 1.82) is 0 Å². The van der Waals surface area contributed by atoms with Gasteiger partial charge in [0.1, 0.15) is 0 Å². The molecule has 0 aromatic carbocycles. The third kappa shape index (κ3) is 8.65. The van der Waals surface area contributed by atoms with Crippen molar-refractivity contribution in [1.82, 2.24) is 5.32 Å². The van der Waals surface area contributed by atoms with Crippen LogP contribution in [0.2, 0.25) is 0 Å². The van der Waals surface area contributed by atoms with Crippen LogP contribution in [0.4, 0.5) is 0 Å². The van der Waals surface area contributed by atoms with E-state index in [1.807, 2.05) is 12.2 Å². The normalized spacial score (nSPS) is 26.0. The topological polar surface area (TPSA) is 99.0 Å². The van der Waals surface area contributed by atoms with Crippen molar-refractivity contribution in [2.75, 3.05) is 13.2 Å². The third-order valence-corrected chi connectivity index (χ3v) is 4.83. The number of carboxylic acids is 1. The second kappa shape index (κ2) is 12.2. The Balaban J connectivity index is 2.38. The fraction of sp³-hybridized carbons (Fsp3) is 0.778. The van der Waals surface area contributed by atoms with Gasteiger partial charge in [-0.15, -0.1) is 0 Å². The van der Waals surface area contributed by atoms with Crippen molar-refractivity contribution in [3.63, 3.8) is 0 Å². The predicted octanol–water partition coefficient (Wildman–Crippen LogP) is 2.24. The largest absolute Gasteiger partial charge is 0.481 e. The van der Waals surface area contributed by atoms with Gasteiger partial charge in [0, 0.05) is 18.9 Å². The molecule has 0 saturated heterocycles. The monoisotopic (exact) mass is 373 g/mol. The van der Waals surface area contributed by atoms with E-state index >= 15 is 0 Å². The lowest BCUT2D eigenvalue weighted by atomic mass is 9.91. The lowest BCUT2D eigenvalue weighted by Gasteiger charge is -2.23. The molecule has 0 radical (unpaired) electrons. The molecule has 1 saturated carbocycles. The molecule has 0 aliphatic heterocycles. The molecular formula is C18H31NO5S. The predicted molar refractivity (Wildman–Crippen MR) is 100 cm³/mol. The van der Waals surface area contributed by atoms with Crippen molar-refractivity contribution >= 4 is 23.4 Å². The first-order valence-corrected chi connectivity index (χ1v) is 9.50. The van der Waals surface area contributed by atoms with Gasteiger partial charge in [-0.3, -0.25) is 4.79 Å². The number of nitrogens with one attached hydrogen (secondary N) is 1. The maximum atomic E-state index is 10.5. The number of carbonyl (C=O) groups is 1. The highest BCUT2D eigenvalue weighted by Gasteiger charge is 2.41. The first-order chi connectivity index (χ1) is 12.0. The molecule has 0 amide bonds. The van der Waals surface area contributed by atoms with Gasteiger partial charge in [0.2, 0.25) is 0 Å². The van der Waals surface area contributed by atoms with Crippen molar-refractivity contribution in [2.24, 2.45) is 11.8 Å². The SMILES string of the molecule is CCCCNC(=S)OC[C@@H]1[C@@H](C/C=C\CCCC(=O)O)[C@@H](O)C[C@H]1O. The molecule has 4 N–H and O–H groups in total. The molecule has 0 unspecified atom stereocenters. The van der Waals surface area contributed by atoms with Crippen LogP contribution in [0.5, 0.6) is 0 Å². The van der Waals surface area contributed by atoms with Crippen molar-refractivity contribution in [3.05, 3.63) is 12.2 Å². The van der Waals surface area contributed by atoms with Gasteiger partial charge < -0.3 is 25.4 Å². The number of ether oxygens (including phenoxy) is 1. The van der Waals surface area contributed by atoms with E-state index in [1.54, 1.807) is 0 Å². The number of aliphatic hydroxyl groups excluding tert-OH is 2. The summed E-state index contributed by atoms with van der Waals surface area (Å²) in [6.07, 6.45) is 7.27. The lowest BCUT2D eigenvalue weighted by molar-refractivity contribution is -0.137. The molecule has 0 spiro atoms. The molecule has 4 atom stereocenters. The minimum absolute atomic E-state index is 0.0795. The maximum absolute atomic E-state index is 10.5. The summed E-state index contributed by atoms with van der Waals surface area (Å²) in [6, 6.07) is 0. The van der Waals surface area contributed by atoms with Gasteiger partial charge in [0.05, 0.1) is 18.8 Å². The quantitative estimate of drug-likeness (QED) is 0.250. The summed E-state index contributed by atoms with van der Waals surface area (Å²) in [7, 11) is 0. The van der Waals surface area contributed by atoms with E-state index in [9.17, 15) is 15.0 Å². The Bertz CT molecular complexity index is 443. The Hall–Kier alpha value is -1.18. The zero-order chi connectivity index (χ0) is 18.7. The molecule has 0 aromatic heterocycles. The molecule has 0 aromatic rings. The second-order valence-electron chi connectivity index (χ2n) is 6.57. The molecule has 0 heterocycles. The van der Waals surface area contributed by atoms with E-state index in [4.69, 9.17) is 22.1 Å². The summed E-state index contributed by atoms with van der Waals surface area (Å²) in [6.45, 7) is 3.16. The number of thiocarbonyl (C=S) groups is 1. The zero-order valence-electron chi connectivity index (χ0n) is 14.9. The fourth-order valence-corrected chi connectivity index (χ4v) is 3.24. The van der Waals surface area contributed by atoms with Gasteiger partial charge >= 0.3 is 5.97 Å². The van der Waals surface area contributed by atoms with E-state index in [0.717, 1.165) is 19.4 Å². The smallest absolute Gasteiger partial charge is 0.303 e. The number of unbranched alkanes of at least 4 members (excludes halogenated alkanes) is 2. The summed E-state index contributed by atoms with van der Waals surface area (Å²) in [5, 5.41) is 32.3. The number of aliphatic carboxylic acids is 1. The maximum Gasteiger partial charge on any atom is 0.303 e. The molecule has 25 heavy (non-hydrogen) atoms. The van der Waals surface area contributed by atoms with E-state index in [2.05, 4.69) is 12.2 Å². The number of hydrogen-bond acceptors (Lipinski definition) is 5. The van der Waals surface area contributed by atoms with E-state index in [-0.39, 0.29) is 24.9 Å². The summed E-state index contributed by atoms with van der Waals surface area (Å²) in [5.74, 6) is -1.03. The van der Waals surface area contributed by atoms with Crippen LogP contribution in [-0.2, 0) is 9.53 Å². The van der Waals surface area contributed by atoms with Crippen LogP contribution in [-0.4, -0.2) is 51.8 Å². The Morgan fingerprint density at radius 1 is 1.24 bits per heavy atom. The van der Waals surface area contributed by atoms with Gasteiger partial charge in [-0.1, -0.05) is 25.5 Å². The van der Waals surface area contributed by atoms with Gasteiger partial charge in [-0.25, -0.2) is 0 Å². The van der Waals surface area contributed by atoms with Gasteiger partial charge in [0.15, 0.2) is 0 Å². The van der Waals surface area contributed by atoms with Crippen LogP contribution >= 0.6 is 12.2 Å². The summed E-state index contributed by atoms with van der Waals surface area (Å²) >= 11 is 5.13. The second-order valence-corrected chi connectivity index (χ2v) is 6.94. The first-order valence-electron chi connectivity index (χ1n) is 9.09.